The molecular formula is C17H29N3O. The zero-order valence-electron chi connectivity index (χ0n) is 13.8. The van der Waals surface area contributed by atoms with E-state index < -0.39 is 0 Å². The Morgan fingerprint density at radius 2 is 1.81 bits per heavy atom. The van der Waals surface area contributed by atoms with Crippen molar-refractivity contribution in [3.63, 3.8) is 0 Å². The van der Waals surface area contributed by atoms with Gasteiger partial charge >= 0.3 is 6.03 Å². The van der Waals surface area contributed by atoms with E-state index in [4.69, 9.17) is 0 Å². The maximum absolute atomic E-state index is 11.6. The first-order valence-corrected chi connectivity index (χ1v) is 7.74. The van der Waals surface area contributed by atoms with Gasteiger partial charge in [0.15, 0.2) is 0 Å². The molecule has 4 nitrogen and oxygen atoms in total. The van der Waals surface area contributed by atoms with Gasteiger partial charge in [-0.15, -0.1) is 0 Å². The van der Waals surface area contributed by atoms with Crippen LogP contribution < -0.4 is 15.5 Å². The number of amides is 2. The molecule has 2 amide bonds. The van der Waals surface area contributed by atoms with Crippen LogP contribution in [0.2, 0.25) is 0 Å². The maximum Gasteiger partial charge on any atom is 0.314 e. The van der Waals surface area contributed by atoms with Crippen molar-refractivity contribution in [1.82, 2.24) is 10.6 Å². The van der Waals surface area contributed by atoms with E-state index in [2.05, 4.69) is 67.5 Å². The van der Waals surface area contributed by atoms with Gasteiger partial charge in [0.1, 0.15) is 0 Å². The lowest BCUT2D eigenvalue weighted by Gasteiger charge is -2.23. The number of benzene rings is 1. The summed E-state index contributed by atoms with van der Waals surface area (Å²) in [6.45, 7) is 11.8. The summed E-state index contributed by atoms with van der Waals surface area (Å²) in [5.74, 6) is 0. The molecule has 0 radical (unpaired) electrons. The number of carbonyl (C=O) groups excluding carboxylic acids is 1. The lowest BCUT2D eigenvalue weighted by molar-refractivity contribution is 0.235. The van der Waals surface area contributed by atoms with Crippen molar-refractivity contribution in [3.8, 4) is 0 Å². The molecule has 0 saturated carbocycles. The molecule has 118 valence electrons. The predicted octanol–water partition coefficient (Wildman–Crippen LogP) is 3.25. The normalized spacial score (nSPS) is 11.0. The number of hydrogen-bond donors (Lipinski definition) is 2. The van der Waals surface area contributed by atoms with Crippen LogP contribution in [0, 0.1) is 5.41 Å². The molecule has 0 fully saturated rings. The summed E-state index contributed by atoms with van der Waals surface area (Å²) in [5, 5.41) is 5.80. The summed E-state index contributed by atoms with van der Waals surface area (Å²) in [4.78, 5) is 14.0. The number of carbonyl (C=O) groups is 1. The van der Waals surface area contributed by atoms with Crippen LogP contribution >= 0.6 is 0 Å². The molecule has 0 aliphatic carbocycles. The molecule has 0 heterocycles. The Labute approximate surface area is 128 Å². The van der Waals surface area contributed by atoms with Crippen molar-refractivity contribution in [3.05, 3.63) is 30.3 Å². The Morgan fingerprint density at radius 3 is 2.38 bits per heavy atom. The average molecular weight is 291 g/mol. The standard InChI is InChI=1S/C17H29N3O/c1-5-20(15-10-7-6-8-11-15)13-9-12-18-16(21)19-14-17(2,3)4/h6-8,10-11H,5,9,12-14H2,1-4H3,(H2,18,19,21). The number of hydrogen-bond acceptors (Lipinski definition) is 2. The van der Waals surface area contributed by atoms with Gasteiger partial charge in [-0.1, -0.05) is 39.0 Å². The van der Waals surface area contributed by atoms with Crippen molar-refractivity contribution >= 4 is 11.7 Å². The Morgan fingerprint density at radius 1 is 1.14 bits per heavy atom. The SMILES string of the molecule is CCN(CCCNC(=O)NCC(C)(C)C)c1ccccc1. The largest absolute Gasteiger partial charge is 0.372 e. The number of nitrogens with zero attached hydrogens (tertiary/aromatic N) is 1. The zero-order chi connectivity index (χ0) is 15.7. The molecule has 0 unspecified atom stereocenters. The fourth-order valence-corrected chi connectivity index (χ4v) is 1.99. The monoisotopic (exact) mass is 291 g/mol. The van der Waals surface area contributed by atoms with E-state index in [1.807, 2.05) is 6.07 Å². The average Bonchev–Trinajstić information content (AvgIpc) is 2.45. The summed E-state index contributed by atoms with van der Waals surface area (Å²) < 4.78 is 0. The van der Waals surface area contributed by atoms with E-state index in [0.29, 0.717) is 13.1 Å². The molecule has 2 N–H and O–H groups in total. The molecule has 1 rings (SSSR count). The van der Waals surface area contributed by atoms with Crippen LogP contribution in [0.5, 0.6) is 0 Å². The first kappa shape index (κ1) is 17.3. The second-order valence-corrected chi connectivity index (χ2v) is 6.44. The maximum atomic E-state index is 11.6. The summed E-state index contributed by atoms with van der Waals surface area (Å²) in [5.41, 5.74) is 1.35. The van der Waals surface area contributed by atoms with Crippen molar-refractivity contribution in [2.45, 2.75) is 34.1 Å². The van der Waals surface area contributed by atoms with Gasteiger partial charge in [-0.25, -0.2) is 4.79 Å². The van der Waals surface area contributed by atoms with Crippen LogP contribution in [-0.4, -0.2) is 32.2 Å². The fraction of sp³-hybridized carbons (Fsp3) is 0.588. The molecule has 0 bridgehead atoms. The number of para-hydroxylation sites is 1. The van der Waals surface area contributed by atoms with Crippen molar-refractivity contribution in [2.24, 2.45) is 5.41 Å². The third-order valence-electron chi connectivity index (χ3n) is 3.17. The molecule has 0 atom stereocenters. The topological polar surface area (TPSA) is 44.4 Å². The molecule has 21 heavy (non-hydrogen) atoms. The van der Waals surface area contributed by atoms with E-state index in [9.17, 15) is 4.79 Å². The second-order valence-electron chi connectivity index (χ2n) is 6.44. The van der Waals surface area contributed by atoms with E-state index in [1.54, 1.807) is 0 Å². The second kappa shape index (κ2) is 8.55. The van der Waals surface area contributed by atoms with Crippen LogP contribution in [0.4, 0.5) is 10.5 Å². The predicted molar refractivity (Wildman–Crippen MR) is 89.8 cm³/mol. The Hall–Kier alpha value is -1.71. The fourth-order valence-electron chi connectivity index (χ4n) is 1.99. The Kier molecular flexibility index (Phi) is 7.06. The Balaban J connectivity index is 2.22. The molecular weight excluding hydrogens is 262 g/mol. The lowest BCUT2D eigenvalue weighted by Crippen LogP contribution is -2.40. The van der Waals surface area contributed by atoms with Crippen LogP contribution in [0.3, 0.4) is 0 Å². The zero-order valence-corrected chi connectivity index (χ0v) is 13.8. The highest BCUT2D eigenvalue weighted by Crippen LogP contribution is 2.12. The lowest BCUT2D eigenvalue weighted by atomic mass is 9.97. The van der Waals surface area contributed by atoms with Gasteiger partial charge in [-0.3, -0.25) is 0 Å². The molecule has 0 aliphatic heterocycles. The first-order chi connectivity index (χ1) is 9.92. The van der Waals surface area contributed by atoms with E-state index in [0.717, 1.165) is 19.5 Å². The smallest absolute Gasteiger partial charge is 0.314 e. The minimum atomic E-state index is -0.0762. The minimum absolute atomic E-state index is 0.0762. The van der Waals surface area contributed by atoms with Crippen molar-refractivity contribution in [2.75, 3.05) is 31.1 Å². The van der Waals surface area contributed by atoms with Crippen molar-refractivity contribution in [1.29, 1.82) is 0 Å². The van der Waals surface area contributed by atoms with Gasteiger partial charge in [-0.05, 0) is 30.9 Å². The summed E-state index contributed by atoms with van der Waals surface area (Å²) in [7, 11) is 0. The molecule has 0 spiro atoms. The van der Waals surface area contributed by atoms with Crippen LogP contribution in [0.15, 0.2) is 30.3 Å². The number of rotatable bonds is 7. The number of urea groups is 1. The summed E-state index contributed by atoms with van der Waals surface area (Å²) in [6.07, 6.45) is 0.936. The van der Waals surface area contributed by atoms with E-state index >= 15 is 0 Å². The molecule has 0 aromatic heterocycles. The van der Waals surface area contributed by atoms with Crippen LogP contribution in [-0.2, 0) is 0 Å². The van der Waals surface area contributed by atoms with Gasteiger partial charge in [0.25, 0.3) is 0 Å². The quantitative estimate of drug-likeness (QED) is 0.757. The summed E-state index contributed by atoms with van der Waals surface area (Å²) >= 11 is 0. The Bertz CT molecular complexity index is 412. The van der Waals surface area contributed by atoms with Gasteiger partial charge in [0, 0.05) is 31.9 Å². The van der Waals surface area contributed by atoms with Crippen LogP contribution in [0.1, 0.15) is 34.1 Å². The molecule has 0 aliphatic rings. The number of nitrogens with one attached hydrogen (secondary N) is 2. The highest BCUT2D eigenvalue weighted by Gasteiger charge is 2.11. The van der Waals surface area contributed by atoms with E-state index in [1.165, 1.54) is 5.69 Å². The molecule has 0 saturated heterocycles. The van der Waals surface area contributed by atoms with E-state index in [-0.39, 0.29) is 11.4 Å². The third kappa shape index (κ3) is 7.59. The van der Waals surface area contributed by atoms with Crippen molar-refractivity contribution < 1.29 is 4.79 Å². The number of anilines is 1. The van der Waals surface area contributed by atoms with Gasteiger partial charge in [0.05, 0.1) is 0 Å². The highest BCUT2D eigenvalue weighted by atomic mass is 16.2. The van der Waals surface area contributed by atoms with Gasteiger partial charge < -0.3 is 15.5 Å². The molecule has 1 aromatic rings. The first-order valence-electron chi connectivity index (χ1n) is 7.74. The summed E-state index contributed by atoms with van der Waals surface area (Å²) in [6, 6.07) is 10.3. The highest BCUT2D eigenvalue weighted by molar-refractivity contribution is 5.73. The molecule has 4 heteroatoms. The van der Waals surface area contributed by atoms with Crippen LogP contribution in [0.25, 0.3) is 0 Å². The van der Waals surface area contributed by atoms with Gasteiger partial charge in [0.2, 0.25) is 0 Å². The third-order valence-corrected chi connectivity index (χ3v) is 3.17. The minimum Gasteiger partial charge on any atom is -0.372 e. The van der Waals surface area contributed by atoms with Gasteiger partial charge in [-0.2, -0.15) is 0 Å². The molecule has 1 aromatic carbocycles.